The third-order valence-corrected chi connectivity index (χ3v) is 5.20. The fraction of sp³-hybridized carbons (Fsp3) is 0.250. The Hall–Kier alpha value is -2.71. The molecule has 28 heavy (non-hydrogen) atoms. The molecule has 1 amide bonds. The molecule has 144 valence electrons. The summed E-state index contributed by atoms with van der Waals surface area (Å²) in [5, 5.41) is 14.0. The van der Waals surface area contributed by atoms with E-state index in [2.05, 4.69) is 31.0 Å². The van der Waals surface area contributed by atoms with Gasteiger partial charge in [0.15, 0.2) is 0 Å². The van der Waals surface area contributed by atoms with Gasteiger partial charge in [-0.3, -0.25) is 9.69 Å². The molecule has 1 aliphatic rings. The van der Waals surface area contributed by atoms with Gasteiger partial charge in [0.05, 0.1) is 12.1 Å². The minimum atomic E-state index is -0.164. The lowest BCUT2D eigenvalue weighted by atomic mass is 10.1. The number of hydrogen-bond donors (Lipinski definition) is 1. The number of amides is 1. The maximum Gasteiger partial charge on any atom is 0.257 e. The highest BCUT2D eigenvalue weighted by atomic mass is 79.9. The number of piperazine rings is 1. The molecule has 1 saturated heterocycles. The first-order valence-electron chi connectivity index (χ1n) is 8.98. The first-order valence-corrected chi connectivity index (χ1v) is 9.77. The summed E-state index contributed by atoms with van der Waals surface area (Å²) in [7, 11) is 0. The molecule has 7 nitrogen and oxygen atoms in total. The van der Waals surface area contributed by atoms with Gasteiger partial charge in [0, 0.05) is 36.2 Å². The van der Waals surface area contributed by atoms with Crippen LogP contribution in [0.4, 0.5) is 0 Å². The van der Waals surface area contributed by atoms with Crippen LogP contribution >= 0.6 is 15.9 Å². The number of phenols is 1. The largest absolute Gasteiger partial charge is 0.507 e. The van der Waals surface area contributed by atoms with Crippen LogP contribution in [0, 0.1) is 0 Å². The van der Waals surface area contributed by atoms with Gasteiger partial charge in [-0.2, -0.15) is 4.98 Å². The molecule has 4 rings (SSSR count). The molecule has 2 heterocycles. The number of benzene rings is 2. The highest BCUT2D eigenvalue weighted by molar-refractivity contribution is 9.10. The van der Waals surface area contributed by atoms with E-state index in [0.717, 1.165) is 10.0 Å². The van der Waals surface area contributed by atoms with E-state index in [0.29, 0.717) is 50.0 Å². The zero-order valence-electron chi connectivity index (χ0n) is 15.1. The van der Waals surface area contributed by atoms with E-state index in [1.807, 2.05) is 30.3 Å². The van der Waals surface area contributed by atoms with E-state index in [1.165, 1.54) is 6.07 Å². The van der Waals surface area contributed by atoms with Crippen molar-refractivity contribution >= 4 is 21.8 Å². The number of nitrogens with zero attached hydrogens (tertiary/aromatic N) is 4. The highest BCUT2D eigenvalue weighted by Crippen LogP contribution is 2.24. The van der Waals surface area contributed by atoms with Gasteiger partial charge in [-0.05, 0) is 18.2 Å². The lowest BCUT2D eigenvalue weighted by Gasteiger charge is -2.34. The van der Waals surface area contributed by atoms with Crippen LogP contribution in [0.5, 0.6) is 5.75 Å². The van der Waals surface area contributed by atoms with Crippen LogP contribution in [0.25, 0.3) is 11.4 Å². The molecule has 0 bridgehead atoms. The molecule has 0 saturated carbocycles. The number of hydrogen-bond acceptors (Lipinski definition) is 6. The second-order valence-corrected chi connectivity index (χ2v) is 7.52. The summed E-state index contributed by atoms with van der Waals surface area (Å²) < 4.78 is 6.13. The third-order valence-electron chi connectivity index (χ3n) is 4.71. The van der Waals surface area contributed by atoms with Crippen LogP contribution in [0.15, 0.2) is 57.5 Å². The molecule has 0 spiro atoms. The molecule has 0 aliphatic carbocycles. The average Bonchev–Trinajstić information content (AvgIpc) is 3.19. The van der Waals surface area contributed by atoms with Gasteiger partial charge in [-0.15, -0.1) is 0 Å². The molecular weight excluding hydrogens is 424 g/mol. The van der Waals surface area contributed by atoms with Gasteiger partial charge in [0.25, 0.3) is 5.91 Å². The Balaban J connectivity index is 1.35. The second kappa shape index (κ2) is 8.12. The average molecular weight is 443 g/mol. The lowest BCUT2D eigenvalue weighted by molar-refractivity contribution is 0.0612. The Kier molecular flexibility index (Phi) is 5.40. The van der Waals surface area contributed by atoms with Crippen molar-refractivity contribution in [3.8, 4) is 17.1 Å². The highest BCUT2D eigenvalue weighted by Gasteiger charge is 2.25. The summed E-state index contributed by atoms with van der Waals surface area (Å²) in [4.78, 5) is 21.1. The minimum absolute atomic E-state index is 0.00469. The fourth-order valence-corrected chi connectivity index (χ4v) is 3.53. The molecule has 1 aromatic heterocycles. The smallest absolute Gasteiger partial charge is 0.257 e. The van der Waals surface area contributed by atoms with Gasteiger partial charge in [-0.25, -0.2) is 0 Å². The van der Waals surface area contributed by atoms with Gasteiger partial charge in [0.2, 0.25) is 11.7 Å². The zero-order valence-corrected chi connectivity index (χ0v) is 16.7. The van der Waals surface area contributed by atoms with E-state index in [9.17, 15) is 9.90 Å². The SMILES string of the molecule is O=C(c1cc(Br)ccc1O)N1CCN(Cc2nc(-c3ccccc3)no2)CC1. The summed E-state index contributed by atoms with van der Waals surface area (Å²) in [5.74, 6) is 0.968. The number of aromatic nitrogens is 2. The second-order valence-electron chi connectivity index (χ2n) is 6.61. The summed E-state index contributed by atoms with van der Waals surface area (Å²) in [6.07, 6.45) is 0. The predicted octanol–water partition coefficient (Wildman–Crippen LogP) is 3.16. The molecule has 1 N–H and O–H groups in total. The Morgan fingerprint density at radius 1 is 1.11 bits per heavy atom. The van der Waals surface area contributed by atoms with Crippen LogP contribution in [0.3, 0.4) is 0 Å². The monoisotopic (exact) mass is 442 g/mol. The van der Waals surface area contributed by atoms with E-state index in [1.54, 1.807) is 17.0 Å². The predicted molar refractivity (Wildman–Crippen MR) is 107 cm³/mol. The Bertz CT molecular complexity index is 969. The van der Waals surface area contributed by atoms with Crippen LogP contribution < -0.4 is 0 Å². The number of halogens is 1. The van der Waals surface area contributed by atoms with E-state index < -0.39 is 0 Å². The van der Waals surface area contributed by atoms with E-state index >= 15 is 0 Å². The minimum Gasteiger partial charge on any atom is -0.507 e. The zero-order chi connectivity index (χ0) is 19.5. The van der Waals surface area contributed by atoms with Gasteiger partial charge >= 0.3 is 0 Å². The van der Waals surface area contributed by atoms with Crippen LogP contribution in [0.2, 0.25) is 0 Å². The number of aromatic hydroxyl groups is 1. The van der Waals surface area contributed by atoms with Crippen molar-refractivity contribution < 1.29 is 14.4 Å². The maximum absolute atomic E-state index is 12.7. The summed E-state index contributed by atoms with van der Waals surface area (Å²) in [6, 6.07) is 14.6. The van der Waals surface area contributed by atoms with Crippen molar-refractivity contribution in [2.45, 2.75) is 6.54 Å². The van der Waals surface area contributed by atoms with Gasteiger partial charge in [0.1, 0.15) is 5.75 Å². The quantitative estimate of drug-likeness (QED) is 0.667. The van der Waals surface area contributed by atoms with E-state index in [4.69, 9.17) is 4.52 Å². The Morgan fingerprint density at radius 2 is 1.86 bits per heavy atom. The Morgan fingerprint density at radius 3 is 2.61 bits per heavy atom. The fourth-order valence-electron chi connectivity index (χ4n) is 3.17. The van der Waals surface area contributed by atoms with Crippen LogP contribution in [-0.2, 0) is 6.54 Å². The Labute approximate surface area is 170 Å². The molecule has 1 aliphatic heterocycles. The lowest BCUT2D eigenvalue weighted by Crippen LogP contribution is -2.48. The van der Waals surface area contributed by atoms with Crippen molar-refractivity contribution in [2.75, 3.05) is 26.2 Å². The van der Waals surface area contributed by atoms with Crippen molar-refractivity contribution in [1.82, 2.24) is 19.9 Å². The normalized spacial score (nSPS) is 15.0. The van der Waals surface area contributed by atoms with E-state index in [-0.39, 0.29) is 11.7 Å². The molecule has 3 aromatic rings. The summed E-state index contributed by atoms with van der Waals surface area (Å²) in [5.41, 5.74) is 1.23. The van der Waals surface area contributed by atoms with Crippen molar-refractivity contribution in [3.63, 3.8) is 0 Å². The summed E-state index contributed by atoms with van der Waals surface area (Å²) >= 11 is 3.34. The molecular formula is C20H19BrN4O3. The van der Waals surface area contributed by atoms with Crippen molar-refractivity contribution in [1.29, 1.82) is 0 Å². The van der Waals surface area contributed by atoms with Crippen LogP contribution in [0.1, 0.15) is 16.2 Å². The molecule has 1 fully saturated rings. The molecule has 8 heteroatoms. The standard InChI is InChI=1S/C20H19BrN4O3/c21-15-6-7-17(26)16(12-15)20(27)25-10-8-24(9-11-25)13-18-22-19(23-28-18)14-4-2-1-3-5-14/h1-7,12,26H,8-11,13H2. The first kappa shape index (κ1) is 18.6. The summed E-state index contributed by atoms with van der Waals surface area (Å²) in [6.45, 7) is 3.09. The number of carbonyl (C=O) groups excluding carboxylic acids is 1. The number of phenolic OH excluding ortho intramolecular Hbond substituents is 1. The van der Waals surface area contributed by atoms with Gasteiger partial charge in [-0.1, -0.05) is 51.4 Å². The number of rotatable bonds is 4. The molecule has 0 radical (unpaired) electrons. The van der Waals surface area contributed by atoms with Crippen molar-refractivity contribution in [3.05, 3.63) is 64.5 Å². The first-order chi connectivity index (χ1) is 13.6. The van der Waals surface area contributed by atoms with Gasteiger partial charge < -0.3 is 14.5 Å². The molecule has 2 aromatic carbocycles. The molecule has 0 atom stereocenters. The third kappa shape index (κ3) is 4.07. The molecule has 0 unspecified atom stereocenters. The maximum atomic E-state index is 12.7. The number of carbonyl (C=O) groups is 1. The van der Waals surface area contributed by atoms with Crippen molar-refractivity contribution in [2.24, 2.45) is 0 Å². The topological polar surface area (TPSA) is 82.7 Å². The van der Waals surface area contributed by atoms with Crippen LogP contribution in [-0.4, -0.2) is 57.1 Å².